The predicted molar refractivity (Wildman–Crippen MR) is 123 cm³/mol. The number of halogens is 1. The summed E-state index contributed by atoms with van der Waals surface area (Å²) in [5.74, 6) is 0.574. The van der Waals surface area contributed by atoms with Crippen LogP contribution in [0, 0.1) is 5.82 Å². The molecule has 0 radical (unpaired) electrons. The smallest absolute Gasteiger partial charge is 0.336 e. The summed E-state index contributed by atoms with van der Waals surface area (Å²) in [5, 5.41) is 7.32. The third-order valence-electron chi connectivity index (χ3n) is 4.73. The highest BCUT2D eigenvalue weighted by Gasteiger charge is 2.16. The van der Waals surface area contributed by atoms with Crippen molar-refractivity contribution in [3.63, 3.8) is 0 Å². The molecule has 0 aliphatic carbocycles. The summed E-state index contributed by atoms with van der Waals surface area (Å²) in [6, 6.07) is 20.3. The summed E-state index contributed by atoms with van der Waals surface area (Å²) in [6.07, 6.45) is -0.0805. The van der Waals surface area contributed by atoms with Gasteiger partial charge in [-0.1, -0.05) is 12.1 Å². The highest BCUT2D eigenvalue weighted by molar-refractivity contribution is 6.04. The van der Waals surface area contributed by atoms with Crippen LogP contribution >= 0.6 is 0 Å². The highest BCUT2D eigenvalue weighted by atomic mass is 19.1. The van der Waals surface area contributed by atoms with Gasteiger partial charge in [-0.2, -0.15) is 4.98 Å². The Labute approximate surface area is 190 Å². The minimum absolute atomic E-state index is 0.0805. The van der Waals surface area contributed by atoms with E-state index in [1.54, 1.807) is 23.9 Å². The van der Waals surface area contributed by atoms with Crippen LogP contribution in [0.15, 0.2) is 72.8 Å². The molecule has 0 unspecified atom stereocenters. The molecule has 0 spiro atoms. The molecule has 0 saturated heterocycles. The second-order valence-corrected chi connectivity index (χ2v) is 7.54. The number of aromatic nitrogens is 3. The van der Waals surface area contributed by atoms with Crippen LogP contribution in [0.2, 0.25) is 0 Å². The molecule has 7 nitrogen and oxygen atoms in total. The summed E-state index contributed by atoms with van der Waals surface area (Å²) >= 11 is 0. The van der Waals surface area contributed by atoms with Crippen LogP contribution in [0.1, 0.15) is 24.2 Å². The molecule has 33 heavy (non-hydrogen) atoms. The largest absolute Gasteiger partial charge is 0.497 e. The third kappa shape index (κ3) is 5.17. The molecular weight excluding hydrogens is 423 g/mol. The second-order valence-electron chi connectivity index (χ2n) is 7.54. The number of nitrogens with zero attached hydrogens (tertiary/aromatic N) is 3. The zero-order chi connectivity index (χ0) is 23.4. The lowest BCUT2D eigenvalue weighted by molar-refractivity contribution is 0.102. The number of benzene rings is 3. The molecule has 3 aromatic carbocycles. The standard InChI is InChI=1S/C25H23FN4O3/c1-16(2)33-25-28-23(18-5-4-6-22(15-18)32-3)30(29-25)21-13-11-20(12-14-21)27-24(31)17-7-9-19(26)10-8-17/h4-16H,1-3H3,(H,27,31). The molecule has 1 N–H and O–H groups in total. The first-order chi connectivity index (χ1) is 15.9. The maximum atomic E-state index is 13.1. The summed E-state index contributed by atoms with van der Waals surface area (Å²) in [6.45, 7) is 3.81. The Morgan fingerprint density at radius 2 is 1.76 bits per heavy atom. The number of amides is 1. The van der Waals surface area contributed by atoms with Crippen LogP contribution in [-0.4, -0.2) is 33.9 Å². The first kappa shape index (κ1) is 22.0. The first-order valence-electron chi connectivity index (χ1n) is 10.4. The number of hydrogen-bond donors (Lipinski definition) is 1. The molecule has 0 aliphatic heterocycles. The lowest BCUT2D eigenvalue weighted by Gasteiger charge is -2.09. The topological polar surface area (TPSA) is 78.3 Å². The van der Waals surface area contributed by atoms with Gasteiger partial charge in [-0.15, -0.1) is 5.10 Å². The molecule has 0 aliphatic rings. The van der Waals surface area contributed by atoms with Gasteiger partial charge in [0.25, 0.3) is 5.91 Å². The first-order valence-corrected chi connectivity index (χ1v) is 10.4. The van der Waals surface area contributed by atoms with Crippen molar-refractivity contribution in [2.75, 3.05) is 12.4 Å². The lowest BCUT2D eigenvalue weighted by Crippen LogP contribution is -2.12. The maximum Gasteiger partial charge on any atom is 0.336 e. The molecule has 1 heterocycles. The van der Waals surface area contributed by atoms with Crippen LogP contribution in [0.3, 0.4) is 0 Å². The molecule has 4 aromatic rings. The van der Waals surface area contributed by atoms with E-state index < -0.39 is 5.82 Å². The Hall–Kier alpha value is -4.20. The minimum atomic E-state index is -0.392. The molecule has 0 atom stereocenters. The van der Waals surface area contributed by atoms with Gasteiger partial charge in [0.1, 0.15) is 11.6 Å². The molecular formula is C25H23FN4O3. The van der Waals surface area contributed by atoms with E-state index in [9.17, 15) is 9.18 Å². The number of anilines is 1. The maximum absolute atomic E-state index is 13.1. The molecule has 1 aromatic heterocycles. The Morgan fingerprint density at radius 3 is 2.42 bits per heavy atom. The van der Waals surface area contributed by atoms with E-state index in [1.807, 2.05) is 50.2 Å². The van der Waals surface area contributed by atoms with Gasteiger partial charge in [0.15, 0.2) is 5.82 Å². The van der Waals surface area contributed by atoms with Crippen molar-refractivity contribution in [2.45, 2.75) is 20.0 Å². The normalized spacial score (nSPS) is 10.8. The molecule has 0 saturated carbocycles. The zero-order valence-corrected chi connectivity index (χ0v) is 18.4. The minimum Gasteiger partial charge on any atom is -0.497 e. The molecule has 0 bridgehead atoms. The van der Waals surface area contributed by atoms with Crippen molar-refractivity contribution >= 4 is 11.6 Å². The van der Waals surface area contributed by atoms with E-state index in [-0.39, 0.29) is 18.0 Å². The summed E-state index contributed by atoms with van der Waals surface area (Å²) in [5.41, 5.74) is 2.51. The van der Waals surface area contributed by atoms with E-state index in [4.69, 9.17) is 9.47 Å². The highest BCUT2D eigenvalue weighted by Crippen LogP contribution is 2.27. The second kappa shape index (κ2) is 9.52. The summed E-state index contributed by atoms with van der Waals surface area (Å²) in [4.78, 5) is 17.0. The van der Waals surface area contributed by atoms with Gasteiger partial charge >= 0.3 is 6.01 Å². The van der Waals surface area contributed by atoms with E-state index in [0.29, 0.717) is 22.8 Å². The number of carbonyl (C=O) groups excluding carboxylic acids is 1. The van der Waals surface area contributed by atoms with E-state index >= 15 is 0 Å². The Morgan fingerprint density at radius 1 is 1.03 bits per heavy atom. The molecule has 0 fully saturated rings. The van der Waals surface area contributed by atoms with Crippen LogP contribution in [0.25, 0.3) is 17.1 Å². The van der Waals surface area contributed by atoms with Gasteiger partial charge in [0, 0.05) is 16.8 Å². The average Bonchev–Trinajstić information content (AvgIpc) is 3.23. The predicted octanol–water partition coefficient (Wildman–Crippen LogP) is 5.12. The van der Waals surface area contributed by atoms with Crippen molar-refractivity contribution < 1.29 is 18.7 Å². The molecule has 4 rings (SSSR count). The van der Waals surface area contributed by atoms with Gasteiger partial charge in [-0.3, -0.25) is 4.79 Å². The lowest BCUT2D eigenvalue weighted by atomic mass is 10.2. The van der Waals surface area contributed by atoms with Gasteiger partial charge < -0.3 is 14.8 Å². The Balaban J connectivity index is 1.63. The van der Waals surface area contributed by atoms with Gasteiger partial charge in [-0.05, 0) is 74.5 Å². The number of hydrogen-bond acceptors (Lipinski definition) is 5. The fourth-order valence-electron chi connectivity index (χ4n) is 3.17. The summed E-state index contributed by atoms with van der Waals surface area (Å²) < 4.78 is 25.8. The Bertz CT molecular complexity index is 1250. The van der Waals surface area contributed by atoms with Gasteiger partial charge in [0.2, 0.25) is 0 Å². The van der Waals surface area contributed by atoms with Crippen molar-refractivity contribution in [1.29, 1.82) is 0 Å². The zero-order valence-electron chi connectivity index (χ0n) is 18.4. The van der Waals surface area contributed by atoms with Crippen LogP contribution in [0.4, 0.5) is 10.1 Å². The fourth-order valence-corrected chi connectivity index (χ4v) is 3.17. The van der Waals surface area contributed by atoms with E-state index in [1.165, 1.54) is 24.3 Å². The monoisotopic (exact) mass is 446 g/mol. The van der Waals surface area contributed by atoms with Crippen LogP contribution < -0.4 is 14.8 Å². The van der Waals surface area contributed by atoms with Crippen molar-refractivity contribution in [2.24, 2.45) is 0 Å². The number of ether oxygens (including phenoxy) is 2. The van der Waals surface area contributed by atoms with Crippen LogP contribution in [0.5, 0.6) is 11.8 Å². The van der Waals surface area contributed by atoms with Crippen molar-refractivity contribution in [1.82, 2.24) is 14.8 Å². The quantitative estimate of drug-likeness (QED) is 0.426. The van der Waals surface area contributed by atoms with Gasteiger partial charge in [0.05, 0.1) is 18.9 Å². The molecule has 1 amide bonds. The van der Waals surface area contributed by atoms with E-state index in [0.717, 1.165) is 11.3 Å². The SMILES string of the molecule is COc1cccc(-c2nc(OC(C)C)nn2-c2ccc(NC(=O)c3ccc(F)cc3)cc2)c1. The van der Waals surface area contributed by atoms with Crippen molar-refractivity contribution in [3.8, 4) is 28.8 Å². The number of carbonyl (C=O) groups is 1. The van der Waals surface area contributed by atoms with Crippen LogP contribution in [-0.2, 0) is 0 Å². The third-order valence-corrected chi connectivity index (χ3v) is 4.73. The fraction of sp³-hybridized carbons (Fsp3) is 0.160. The number of nitrogens with one attached hydrogen (secondary N) is 1. The molecule has 168 valence electrons. The van der Waals surface area contributed by atoms with E-state index in [2.05, 4.69) is 15.4 Å². The van der Waals surface area contributed by atoms with Crippen molar-refractivity contribution in [3.05, 3.63) is 84.2 Å². The molecule has 8 heteroatoms. The van der Waals surface area contributed by atoms with Gasteiger partial charge in [-0.25, -0.2) is 9.07 Å². The number of methoxy groups -OCH3 is 1. The Kier molecular flexibility index (Phi) is 6.35. The summed E-state index contributed by atoms with van der Waals surface area (Å²) in [7, 11) is 1.61. The number of rotatable bonds is 7. The average molecular weight is 446 g/mol.